The molecule has 0 unspecified atom stereocenters. The summed E-state index contributed by atoms with van der Waals surface area (Å²) in [5.74, 6) is -1.93. The Morgan fingerprint density at radius 3 is 2.12 bits per heavy atom. The van der Waals surface area contributed by atoms with E-state index in [0.29, 0.717) is 12.2 Å². The molecule has 0 saturated carbocycles. The van der Waals surface area contributed by atoms with Gasteiger partial charge in [-0.2, -0.15) is 0 Å². The van der Waals surface area contributed by atoms with Crippen LogP contribution in [0.3, 0.4) is 0 Å². The Morgan fingerprint density at radius 2 is 1.62 bits per heavy atom. The normalized spacial score (nSPS) is 31.1. The van der Waals surface area contributed by atoms with Gasteiger partial charge in [-0.3, -0.25) is 4.79 Å². The van der Waals surface area contributed by atoms with Crippen LogP contribution in [0.4, 0.5) is 0 Å². The van der Waals surface area contributed by atoms with Gasteiger partial charge < -0.3 is 18.9 Å². The number of Topliss-reactive ketones (excluding diaryl/α,β-unsaturated/α-hetero) is 1. The summed E-state index contributed by atoms with van der Waals surface area (Å²) in [5.41, 5.74) is 2.77. The highest BCUT2D eigenvalue weighted by Crippen LogP contribution is 2.37. The number of carbonyl (C=O) groups is 1. The zero-order valence-electron chi connectivity index (χ0n) is 15.2. The van der Waals surface area contributed by atoms with E-state index in [9.17, 15) is 4.79 Å². The van der Waals surface area contributed by atoms with Gasteiger partial charge in [0.15, 0.2) is 5.78 Å². The van der Waals surface area contributed by atoms with Crippen LogP contribution in [0.2, 0.25) is 0 Å². The summed E-state index contributed by atoms with van der Waals surface area (Å²) in [5, 5.41) is 0. The van der Waals surface area contributed by atoms with Crippen LogP contribution in [0.15, 0.2) is 30.3 Å². The monoisotopic (exact) mass is 334 g/mol. The van der Waals surface area contributed by atoms with Gasteiger partial charge in [0.25, 0.3) is 0 Å². The SMILES string of the molecule is CO[C@]1(C)OC[C@@H](/C=C(\C)c2ccc(C(C)=O)cc2)O[C@@]1(C)OC. The molecule has 1 saturated heterocycles. The van der Waals surface area contributed by atoms with Crippen LogP contribution in [-0.4, -0.2) is 44.3 Å². The quantitative estimate of drug-likeness (QED) is 0.772. The van der Waals surface area contributed by atoms with Crippen molar-refractivity contribution in [1.82, 2.24) is 0 Å². The Bertz CT molecular complexity index is 621. The maximum absolute atomic E-state index is 11.4. The smallest absolute Gasteiger partial charge is 0.220 e. The van der Waals surface area contributed by atoms with E-state index in [1.165, 1.54) is 0 Å². The average Bonchev–Trinajstić information content (AvgIpc) is 2.58. The topological polar surface area (TPSA) is 54.0 Å². The van der Waals surface area contributed by atoms with Crippen molar-refractivity contribution < 1.29 is 23.7 Å². The molecule has 5 nitrogen and oxygen atoms in total. The van der Waals surface area contributed by atoms with Crippen LogP contribution in [0.5, 0.6) is 0 Å². The molecule has 0 amide bonds. The fourth-order valence-corrected chi connectivity index (χ4v) is 2.71. The lowest BCUT2D eigenvalue weighted by Crippen LogP contribution is -2.62. The molecule has 0 spiro atoms. The molecule has 5 heteroatoms. The van der Waals surface area contributed by atoms with Crippen molar-refractivity contribution in [3.8, 4) is 0 Å². The first-order valence-corrected chi connectivity index (χ1v) is 7.96. The number of ether oxygens (including phenoxy) is 4. The standard InChI is InChI=1S/C19H26O5/c1-13(15-7-9-16(10-8-15)14(2)20)11-17-12-23-18(3,21-5)19(4,22-6)24-17/h7-11,17H,12H2,1-6H3/b13-11+/t17-,18-,19-/m1/s1. The largest absolute Gasteiger partial charge is 0.349 e. The molecule has 0 N–H and O–H groups in total. The molecule has 1 heterocycles. The van der Waals surface area contributed by atoms with E-state index in [1.807, 2.05) is 37.3 Å². The second kappa shape index (κ2) is 7.15. The molecular weight excluding hydrogens is 308 g/mol. The molecule has 24 heavy (non-hydrogen) atoms. The second-order valence-corrected chi connectivity index (χ2v) is 6.25. The third-order valence-corrected chi connectivity index (χ3v) is 4.69. The Hall–Kier alpha value is -1.53. The molecular formula is C19H26O5. The number of methoxy groups -OCH3 is 2. The predicted molar refractivity (Wildman–Crippen MR) is 91.8 cm³/mol. The minimum Gasteiger partial charge on any atom is -0.349 e. The lowest BCUT2D eigenvalue weighted by atomic mass is 10.0. The van der Waals surface area contributed by atoms with E-state index in [1.54, 1.807) is 35.0 Å². The lowest BCUT2D eigenvalue weighted by molar-refractivity contribution is -0.425. The van der Waals surface area contributed by atoms with Crippen LogP contribution < -0.4 is 0 Å². The highest BCUT2D eigenvalue weighted by Gasteiger charge is 2.53. The van der Waals surface area contributed by atoms with Crippen LogP contribution in [0.1, 0.15) is 43.6 Å². The lowest BCUT2D eigenvalue weighted by Gasteiger charge is -2.48. The van der Waals surface area contributed by atoms with E-state index in [2.05, 4.69) is 0 Å². The summed E-state index contributed by atoms with van der Waals surface area (Å²) >= 11 is 0. The second-order valence-electron chi connectivity index (χ2n) is 6.25. The first-order valence-electron chi connectivity index (χ1n) is 7.96. The van der Waals surface area contributed by atoms with E-state index >= 15 is 0 Å². The number of hydrogen-bond acceptors (Lipinski definition) is 5. The average molecular weight is 334 g/mol. The summed E-state index contributed by atoms with van der Waals surface area (Å²) in [7, 11) is 3.14. The zero-order valence-corrected chi connectivity index (χ0v) is 15.2. The van der Waals surface area contributed by atoms with Gasteiger partial charge >= 0.3 is 0 Å². The third kappa shape index (κ3) is 3.59. The number of carbonyl (C=O) groups excluding carboxylic acids is 1. The maximum Gasteiger partial charge on any atom is 0.220 e. The van der Waals surface area contributed by atoms with Gasteiger partial charge in [-0.05, 0) is 44.9 Å². The maximum atomic E-state index is 11.4. The molecule has 0 bridgehead atoms. The Balaban J connectivity index is 2.17. The Morgan fingerprint density at radius 1 is 1.08 bits per heavy atom. The van der Waals surface area contributed by atoms with Crippen molar-refractivity contribution in [1.29, 1.82) is 0 Å². The Labute approximate surface area is 143 Å². The van der Waals surface area contributed by atoms with Crippen molar-refractivity contribution in [2.24, 2.45) is 0 Å². The molecule has 1 aromatic rings. The van der Waals surface area contributed by atoms with E-state index in [-0.39, 0.29) is 11.9 Å². The molecule has 1 aromatic carbocycles. The highest BCUT2D eigenvalue weighted by atomic mass is 16.8. The summed E-state index contributed by atoms with van der Waals surface area (Å²) in [6, 6.07) is 7.52. The fraction of sp³-hybridized carbons (Fsp3) is 0.526. The zero-order chi connectivity index (χ0) is 18.0. The molecule has 1 aliphatic heterocycles. The summed E-state index contributed by atoms with van der Waals surface area (Å²) in [4.78, 5) is 11.4. The number of ketones is 1. The Kier molecular flexibility index (Phi) is 5.60. The summed E-state index contributed by atoms with van der Waals surface area (Å²) in [6.45, 7) is 7.52. The summed E-state index contributed by atoms with van der Waals surface area (Å²) < 4.78 is 22.9. The molecule has 1 aliphatic rings. The van der Waals surface area contributed by atoms with Crippen LogP contribution in [-0.2, 0) is 18.9 Å². The van der Waals surface area contributed by atoms with Crippen molar-refractivity contribution in [3.63, 3.8) is 0 Å². The number of rotatable bonds is 5. The molecule has 0 radical (unpaired) electrons. The number of hydrogen-bond donors (Lipinski definition) is 0. The van der Waals surface area contributed by atoms with E-state index < -0.39 is 11.6 Å². The molecule has 132 valence electrons. The van der Waals surface area contributed by atoms with E-state index in [0.717, 1.165) is 11.1 Å². The van der Waals surface area contributed by atoms with Crippen LogP contribution in [0, 0.1) is 0 Å². The van der Waals surface area contributed by atoms with Gasteiger partial charge in [-0.1, -0.05) is 24.3 Å². The van der Waals surface area contributed by atoms with Crippen LogP contribution >= 0.6 is 0 Å². The van der Waals surface area contributed by atoms with Gasteiger partial charge in [-0.15, -0.1) is 0 Å². The fourth-order valence-electron chi connectivity index (χ4n) is 2.71. The molecule has 3 atom stereocenters. The first-order chi connectivity index (χ1) is 11.2. The first kappa shape index (κ1) is 18.8. The van der Waals surface area contributed by atoms with Crippen LogP contribution in [0.25, 0.3) is 5.57 Å². The van der Waals surface area contributed by atoms with Crippen molar-refractivity contribution in [3.05, 3.63) is 41.5 Å². The van der Waals surface area contributed by atoms with Crippen molar-refractivity contribution in [2.45, 2.75) is 45.4 Å². The van der Waals surface area contributed by atoms with Crippen molar-refractivity contribution >= 4 is 11.4 Å². The minimum atomic E-state index is -1.01. The van der Waals surface area contributed by atoms with Gasteiger partial charge in [0.2, 0.25) is 11.6 Å². The molecule has 0 aliphatic carbocycles. The molecule has 0 aromatic heterocycles. The minimum absolute atomic E-state index is 0.0573. The van der Waals surface area contributed by atoms with Gasteiger partial charge in [-0.25, -0.2) is 0 Å². The molecule has 2 rings (SSSR count). The number of allylic oxidation sites excluding steroid dienone is 1. The number of benzene rings is 1. The molecule has 1 fully saturated rings. The predicted octanol–water partition coefficient (Wildman–Crippen LogP) is 3.43. The van der Waals surface area contributed by atoms with Gasteiger partial charge in [0.05, 0.1) is 6.61 Å². The van der Waals surface area contributed by atoms with Gasteiger partial charge in [0.1, 0.15) is 6.10 Å². The van der Waals surface area contributed by atoms with E-state index in [4.69, 9.17) is 18.9 Å². The van der Waals surface area contributed by atoms with Crippen molar-refractivity contribution in [2.75, 3.05) is 20.8 Å². The third-order valence-electron chi connectivity index (χ3n) is 4.69. The highest BCUT2D eigenvalue weighted by molar-refractivity contribution is 5.94. The summed E-state index contributed by atoms with van der Waals surface area (Å²) in [6.07, 6.45) is 1.74. The van der Waals surface area contributed by atoms with Gasteiger partial charge in [0, 0.05) is 19.8 Å².